The van der Waals surface area contributed by atoms with Gasteiger partial charge in [0, 0.05) is 45.1 Å². The van der Waals surface area contributed by atoms with Gasteiger partial charge in [-0.3, -0.25) is 4.98 Å². The first-order valence-electron chi connectivity index (χ1n) is 21.3. The van der Waals surface area contributed by atoms with E-state index in [9.17, 15) is 0 Å². The maximum atomic E-state index is 5.32. The molecule has 11 rings (SSSR count). The van der Waals surface area contributed by atoms with Crippen molar-refractivity contribution in [3.63, 3.8) is 0 Å². The number of fused-ring (bicyclic) bond motifs is 1. The zero-order valence-electron chi connectivity index (χ0n) is 34.6. The normalized spacial score (nSPS) is 11.1. The molecule has 3 aromatic heterocycles. The number of benzene rings is 8. The molecular formula is C58H38N6. The van der Waals surface area contributed by atoms with Crippen LogP contribution in [0.5, 0.6) is 0 Å². The Bertz CT molecular complexity index is 3360. The van der Waals surface area contributed by atoms with Gasteiger partial charge in [0.1, 0.15) is 0 Å². The zero-order valence-corrected chi connectivity index (χ0v) is 34.6. The van der Waals surface area contributed by atoms with Crippen molar-refractivity contribution in [3.8, 4) is 102 Å². The second kappa shape index (κ2) is 17.0. The van der Waals surface area contributed by atoms with Gasteiger partial charge in [0.2, 0.25) is 0 Å². The van der Waals surface area contributed by atoms with Crippen molar-refractivity contribution < 1.29 is 0 Å². The molecule has 11 aromatic rings. The molecule has 0 fully saturated rings. The Morgan fingerprint density at radius 1 is 0.234 bits per heavy atom. The summed E-state index contributed by atoms with van der Waals surface area (Å²) in [5.41, 5.74) is 13.4. The van der Waals surface area contributed by atoms with Gasteiger partial charge in [-0.15, -0.1) is 0 Å². The van der Waals surface area contributed by atoms with Crippen molar-refractivity contribution >= 4 is 10.8 Å². The zero-order chi connectivity index (χ0) is 42.7. The lowest BCUT2D eigenvalue weighted by molar-refractivity contribution is 1.07. The largest absolute Gasteiger partial charge is 0.256 e. The minimum atomic E-state index is 0.604. The summed E-state index contributed by atoms with van der Waals surface area (Å²) in [5, 5.41) is 2.35. The Labute approximate surface area is 371 Å². The molecule has 0 aliphatic heterocycles. The second-order valence-electron chi connectivity index (χ2n) is 15.5. The fraction of sp³-hybridized carbons (Fsp3) is 0. The molecule has 0 bridgehead atoms. The van der Waals surface area contributed by atoms with Crippen LogP contribution in [0.4, 0.5) is 0 Å². The van der Waals surface area contributed by atoms with Gasteiger partial charge < -0.3 is 0 Å². The summed E-state index contributed by atoms with van der Waals surface area (Å²) in [7, 11) is 0. The SMILES string of the molecule is c1ccc(-c2cc(-c3ccc4ccccc4c3)nc(-c3ccccc3-c3cccc(-c4ccc(-c5nc(-c6ccccc6)nc(-c6ccccc6)n5)cc4)c3-c3ccccn3)n2)cc1. The number of hydrogen-bond acceptors (Lipinski definition) is 6. The highest BCUT2D eigenvalue weighted by atomic mass is 15.0. The molecule has 8 aromatic carbocycles. The maximum absolute atomic E-state index is 5.32. The van der Waals surface area contributed by atoms with Crippen LogP contribution in [0.2, 0.25) is 0 Å². The van der Waals surface area contributed by atoms with E-state index in [1.54, 1.807) is 0 Å². The van der Waals surface area contributed by atoms with Crippen LogP contribution in [0.1, 0.15) is 0 Å². The molecule has 0 radical (unpaired) electrons. The average molecular weight is 819 g/mol. The summed E-state index contributed by atoms with van der Waals surface area (Å²) in [6.07, 6.45) is 1.85. The highest BCUT2D eigenvalue weighted by Gasteiger charge is 2.21. The first-order valence-corrected chi connectivity index (χ1v) is 21.3. The van der Waals surface area contributed by atoms with E-state index in [2.05, 4.69) is 133 Å². The van der Waals surface area contributed by atoms with Gasteiger partial charge in [-0.2, -0.15) is 0 Å². The third-order valence-electron chi connectivity index (χ3n) is 11.4. The predicted molar refractivity (Wildman–Crippen MR) is 260 cm³/mol. The van der Waals surface area contributed by atoms with Crippen LogP contribution in [0.15, 0.2) is 231 Å². The van der Waals surface area contributed by atoms with E-state index in [1.165, 1.54) is 5.39 Å². The fourth-order valence-corrected chi connectivity index (χ4v) is 8.27. The molecule has 64 heavy (non-hydrogen) atoms. The number of nitrogens with zero attached hydrogens (tertiary/aromatic N) is 6. The van der Waals surface area contributed by atoms with Gasteiger partial charge in [-0.05, 0) is 57.3 Å². The fourth-order valence-electron chi connectivity index (χ4n) is 8.27. The van der Waals surface area contributed by atoms with Crippen molar-refractivity contribution in [2.45, 2.75) is 0 Å². The van der Waals surface area contributed by atoms with Crippen LogP contribution in [0, 0.1) is 0 Å². The van der Waals surface area contributed by atoms with Crippen molar-refractivity contribution in [1.82, 2.24) is 29.9 Å². The van der Waals surface area contributed by atoms with Crippen LogP contribution in [-0.2, 0) is 0 Å². The molecular weight excluding hydrogens is 781 g/mol. The minimum Gasteiger partial charge on any atom is -0.256 e. The molecule has 300 valence electrons. The van der Waals surface area contributed by atoms with E-state index < -0.39 is 0 Å². The third kappa shape index (κ3) is 7.61. The van der Waals surface area contributed by atoms with Gasteiger partial charge in [-0.1, -0.05) is 200 Å². The minimum absolute atomic E-state index is 0.604. The standard InChI is InChI=1S/C58H38N6/c1-4-18-41(19-5-1)52-38-53(46-35-30-39-17-10-11-24-45(39)37-46)61-58(60-52)50-26-13-12-25-48(50)49-28-16-27-47(54(49)51-29-14-15-36-59-51)40-31-33-44(34-32-40)57-63-55(42-20-6-2-7-21-42)62-56(64-57)43-22-8-3-9-23-43/h1-38H. The van der Waals surface area contributed by atoms with Gasteiger partial charge >= 0.3 is 0 Å². The number of aromatic nitrogens is 6. The molecule has 0 N–H and O–H groups in total. The van der Waals surface area contributed by atoms with Crippen molar-refractivity contribution in [2.24, 2.45) is 0 Å². The summed E-state index contributed by atoms with van der Waals surface area (Å²) in [6, 6.07) is 76.9. The quantitative estimate of drug-likeness (QED) is 0.144. The van der Waals surface area contributed by atoms with Crippen LogP contribution >= 0.6 is 0 Å². The summed E-state index contributed by atoms with van der Waals surface area (Å²) in [4.78, 5) is 30.4. The summed E-state index contributed by atoms with van der Waals surface area (Å²) < 4.78 is 0. The lowest BCUT2D eigenvalue weighted by atomic mass is 9.87. The highest BCUT2D eigenvalue weighted by molar-refractivity contribution is 5.97. The monoisotopic (exact) mass is 818 g/mol. The van der Waals surface area contributed by atoms with Crippen LogP contribution < -0.4 is 0 Å². The Hall–Kier alpha value is -8.74. The Morgan fingerprint density at radius 3 is 1.36 bits per heavy atom. The number of hydrogen-bond donors (Lipinski definition) is 0. The Morgan fingerprint density at radius 2 is 0.719 bits per heavy atom. The summed E-state index contributed by atoms with van der Waals surface area (Å²) in [6.45, 7) is 0. The third-order valence-corrected chi connectivity index (χ3v) is 11.4. The van der Waals surface area contributed by atoms with E-state index in [-0.39, 0.29) is 0 Å². The molecule has 0 unspecified atom stereocenters. The average Bonchev–Trinajstić information content (AvgIpc) is 3.39. The van der Waals surface area contributed by atoms with Crippen molar-refractivity contribution in [3.05, 3.63) is 231 Å². The van der Waals surface area contributed by atoms with E-state index in [0.29, 0.717) is 23.3 Å². The van der Waals surface area contributed by atoms with E-state index in [4.69, 9.17) is 29.9 Å². The molecule has 0 aliphatic carbocycles. The van der Waals surface area contributed by atoms with Gasteiger partial charge in [0.25, 0.3) is 0 Å². The van der Waals surface area contributed by atoms with Crippen molar-refractivity contribution in [2.75, 3.05) is 0 Å². The summed E-state index contributed by atoms with van der Waals surface area (Å²) >= 11 is 0. The smallest absolute Gasteiger partial charge is 0.164 e. The van der Waals surface area contributed by atoms with Gasteiger partial charge in [0.05, 0.1) is 17.1 Å². The van der Waals surface area contributed by atoms with E-state index >= 15 is 0 Å². The first-order chi connectivity index (χ1) is 31.7. The predicted octanol–water partition coefficient (Wildman–Crippen LogP) is 14.2. The van der Waals surface area contributed by atoms with Crippen molar-refractivity contribution in [1.29, 1.82) is 0 Å². The summed E-state index contributed by atoms with van der Waals surface area (Å²) in [5.74, 6) is 2.50. The second-order valence-corrected chi connectivity index (χ2v) is 15.5. The van der Waals surface area contributed by atoms with E-state index in [0.717, 1.165) is 83.7 Å². The van der Waals surface area contributed by atoms with Crippen LogP contribution in [0.25, 0.3) is 112 Å². The highest BCUT2D eigenvalue weighted by Crippen LogP contribution is 2.43. The van der Waals surface area contributed by atoms with E-state index in [1.807, 2.05) is 97.2 Å². The molecule has 0 amide bonds. The topological polar surface area (TPSA) is 77.3 Å². The molecule has 0 atom stereocenters. The van der Waals surface area contributed by atoms with Gasteiger partial charge in [-0.25, -0.2) is 24.9 Å². The molecule has 6 heteroatoms. The molecule has 0 spiro atoms. The molecule has 0 saturated heterocycles. The Balaban J connectivity index is 1.04. The molecule has 0 aliphatic rings. The lowest BCUT2D eigenvalue weighted by Gasteiger charge is -2.18. The number of rotatable bonds is 9. The van der Waals surface area contributed by atoms with Crippen LogP contribution in [-0.4, -0.2) is 29.9 Å². The molecule has 0 saturated carbocycles. The Kier molecular flexibility index (Phi) is 10.1. The first kappa shape index (κ1) is 38.2. The van der Waals surface area contributed by atoms with Gasteiger partial charge in [0.15, 0.2) is 23.3 Å². The molecule has 3 heterocycles. The number of pyridine rings is 1. The van der Waals surface area contributed by atoms with Crippen LogP contribution in [0.3, 0.4) is 0 Å². The maximum Gasteiger partial charge on any atom is 0.164 e. The molecule has 6 nitrogen and oxygen atoms in total. The lowest BCUT2D eigenvalue weighted by Crippen LogP contribution is -2.00.